The number of benzene rings is 2. The molecule has 1 heterocycles. The number of H-pyrrole nitrogens is 1. The highest BCUT2D eigenvalue weighted by Crippen LogP contribution is 2.19. The highest BCUT2D eigenvalue weighted by atomic mass is 127. The van der Waals surface area contributed by atoms with Crippen molar-refractivity contribution in [3.05, 3.63) is 71.9 Å². The Morgan fingerprint density at radius 1 is 1.12 bits per heavy atom. The van der Waals surface area contributed by atoms with Crippen LogP contribution in [0, 0.1) is 0 Å². The molecule has 1 N–H and O–H groups in total. The van der Waals surface area contributed by atoms with E-state index in [1.165, 1.54) is 10.9 Å². The average molecular weight is 467 g/mol. The first-order chi connectivity index (χ1) is 12.2. The largest absolute Gasteiger partial charge is 0.361 e. The van der Waals surface area contributed by atoms with Crippen molar-refractivity contribution in [3.8, 4) is 0 Å². The van der Waals surface area contributed by atoms with Crippen molar-refractivity contribution >= 4 is 51.0 Å². The van der Waals surface area contributed by atoms with E-state index >= 15 is 0 Å². The van der Waals surface area contributed by atoms with Crippen molar-refractivity contribution < 1.29 is 4.79 Å². The third-order valence-corrected chi connectivity index (χ3v) is 6.00. The fraction of sp³-hybridized carbons (Fsp3) is 0.250. The number of nitrogens with zero attached hydrogens (tertiary/aromatic N) is 1. The number of carbonyl (C=O) groups excluding carboxylic acids is 1. The van der Waals surface area contributed by atoms with E-state index in [2.05, 4.69) is 39.7 Å². The van der Waals surface area contributed by atoms with Gasteiger partial charge in [-0.15, -0.1) is 11.6 Å². The second-order valence-corrected chi connectivity index (χ2v) is 7.38. The monoisotopic (exact) mass is 466 g/mol. The molecule has 3 rings (SSSR count). The number of halogens is 2. The molecule has 0 aliphatic carbocycles. The minimum atomic E-state index is -0.479. The summed E-state index contributed by atoms with van der Waals surface area (Å²) in [5, 5.41) is 0.734. The molecule has 5 heteroatoms. The van der Waals surface area contributed by atoms with Crippen LogP contribution in [0.2, 0.25) is 0 Å². The molecule has 2 aromatic carbocycles. The van der Waals surface area contributed by atoms with Gasteiger partial charge in [-0.25, -0.2) is 0 Å². The van der Waals surface area contributed by atoms with Crippen molar-refractivity contribution in [1.29, 1.82) is 0 Å². The van der Waals surface area contributed by atoms with E-state index in [9.17, 15) is 4.79 Å². The standard InChI is InChI=1S/C20H20ClIN2O/c21-18(12-22)20(25)24(14-15-6-2-1-3-7-15)11-10-16-13-23-19-9-5-4-8-17(16)19/h1-9,13,18,23H,10-12,14H2. The number of aromatic amines is 1. The van der Waals surface area contributed by atoms with Crippen molar-refractivity contribution in [1.82, 2.24) is 9.88 Å². The van der Waals surface area contributed by atoms with Crippen LogP contribution in [0.15, 0.2) is 60.8 Å². The Bertz CT molecular complexity index is 834. The van der Waals surface area contributed by atoms with E-state index in [1.54, 1.807) is 0 Å². The summed E-state index contributed by atoms with van der Waals surface area (Å²) in [4.78, 5) is 17.8. The topological polar surface area (TPSA) is 36.1 Å². The summed E-state index contributed by atoms with van der Waals surface area (Å²) < 4.78 is 0.608. The predicted molar refractivity (Wildman–Crippen MR) is 112 cm³/mol. The molecule has 130 valence electrons. The summed E-state index contributed by atoms with van der Waals surface area (Å²) in [5.74, 6) is -0.000221. The molecule has 1 atom stereocenters. The molecule has 1 amide bonds. The normalized spacial score (nSPS) is 12.2. The molecule has 0 aliphatic rings. The highest BCUT2D eigenvalue weighted by molar-refractivity contribution is 14.1. The van der Waals surface area contributed by atoms with Gasteiger partial charge in [0.25, 0.3) is 0 Å². The van der Waals surface area contributed by atoms with Gasteiger partial charge in [-0.2, -0.15) is 0 Å². The van der Waals surface area contributed by atoms with Gasteiger partial charge < -0.3 is 9.88 Å². The molecule has 3 nitrogen and oxygen atoms in total. The van der Waals surface area contributed by atoms with E-state index in [1.807, 2.05) is 53.6 Å². The zero-order valence-electron chi connectivity index (χ0n) is 13.8. The van der Waals surface area contributed by atoms with E-state index in [-0.39, 0.29) is 5.91 Å². The molecule has 0 fully saturated rings. The van der Waals surface area contributed by atoms with Gasteiger partial charge in [0.2, 0.25) is 5.91 Å². The first kappa shape index (κ1) is 18.3. The van der Waals surface area contributed by atoms with E-state index in [4.69, 9.17) is 11.6 Å². The first-order valence-electron chi connectivity index (χ1n) is 8.27. The van der Waals surface area contributed by atoms with E-state index in [0.717, 1.165) is 17.5 Å². The number of carbonyl (C=O) groups is 1. The summed E-state index contributed by atoms with van der Waals surface area (Å²) >= 11 is 8.39. The van der Waals surface area contributed by atoms with Gasteiger partial charge in [-0.05, 0) is 23.6 Å². The van der Waals surface area contributed by atoms with Crippen LogP contribution in [0.5, 0.6) is 0 Å². The Morgan fingerprint density at radius 2 is 1.84 bits per heavy atom. The van der Waals surface area contributed by atoms with Gasteiger partial charge in [-0.3, -0.25) is 4.79 Å². The van der Waals surface area contributed by atoms with E-state index < -0.39 is 5.38 Å². The maximum atomic E-state index is 12.7. The fourth-order valence-electron chi connectivity index (χ4n) is 2.93. The molecular weight excluding hydrogens is 447 g/mol. The minimum Gasteiger partial charge on any atom is -0.361 e. The number of nitrogens with one attached hydrogen (secondary N) is 1. The summed E-state index contributed by atoms with van der Waals surface area (Å²) in [6.45, 7) is 1.23. The molecule has 1 aromatic heterocycles. The molecule has 0 radical (unpaired) electrons. The van der Waals surface area contributed by atoms with Crippen LogP contribution in [0.3, 0.4) is 0 Å². The Morgan fingerprint density at radius 3 is 2.60 bits per heavy atom. The van der Waals surface area contributed by atoms with Crippen molar-refractivity contribution in [3.63, 3.8) is 0 Å². The zero-order valence-corrected chi connectivity index (χ0v) is 16.7. The van der Waals surface area contributed by atoms with E-state index in [0.29, 0.717) is 17.5 Å². The molecule has 0 spiro atoms. The first-order valence-corrected chi connectivity index (χ1v) is 10.2. The molecule has 25 heavy (non-hydrogen) atoms. The van der Waals surface area contributed by atoms with Crippen LogP contribution in [0.25, 0.3) is 10.9 Å². The summed E-state index contributed by atoms with van der Waals surface area (Å²) in [5.41, 5.74) is 3.47. The predicted octanol–water partition coefficient (Wildman–Crippen LogP) is 4.78. The summed E-state index contributed by atoms with van der Waals surface area (Å²) in [6, 6.07) is 18.3. The maximum Gasteiger partial charge on any atom is 0.241 e. The van der Waals surface area contributed by atoms with Crippen LogP contribution < -0.4 is 0 Å². The zero-order chi connectivity index (χ0) is 17.6. The number of fused-ring (bicyclic) bond motifs is 1. The molecule has 0 saturated heterocycles. The third kappa shape index (κ3) is 4.55. The number of hydrogen-bond donors (Lipinski definition) is 1. The molecule has 0 saturated carbocycles. The fourth-order valence-corrected chi connectivity index (χ4v) is 3.44. The Hall–Kier alpha value is -1.53. The van der Waals surface area contributed by atoms with Crippen LogP contribution in [0.1, 0.15) is 11.1 Å². The lowest BCUT2D eigenvalue weighted by Crippen LogP contribution is -2.38. The van der Waals surface area contributed by atoms with Gasteiger partial charge in [-0.1, -0.05) is 71.1 Å². The lowest BCUT2D eigenvalue weighted by atomic mass is 10.1. The second kappa shape index (κ2) is 8.72. The lowest BCUT2D eigenvalue weighted by molar-refractivity contribution is -0.130. The number of hydrogen-bond acceptors (Lipinski definition) is 1. The van der Waals surface area contributed by atoms with Crippen LogP contribution in [-0.2, 0) is 17.8 Å². The minimum absolute atomic E-state index is 0.000221. The molecule has 3 aromatic rings. The van der Waals surface area contributed by atoms with Gasteiger partial charge >= 0.3 is 0 Å². The number of aromatic nitrogens is 1. The molecule has 1 unspecified atom stereocenters. The lowest BCUT2D eigenvalue weighted by Gasteiger charge is -2.24. The maximum absolute atomic E-state index is 12.7. The van der Waals surface area contributed by atoms with Crippen molar-refractivity contribution in [2.24, 2.45) is 0 Å². The number of rotatable bonds is 7. The van der Waals surface area contributed by atoms with Crippen molar-refractivity contribution in [2.75, 3.05) is 11.0 Å². The third-order valence-electron chi connectivity index (χ3n) is 4.26. The van der Waals surface area contributed by atoms with Gasteiger partial charge in [0.15, 0.2) is 0 Å². The molecule has 0 bridgehead atoms. The molecular formula is C20H20ClIN2O. The van der Waals surface area contributed by atoms with Crippen LogP contribution in [-0.4, -0.2) is 32.1 Å². The number of amides is 1. The Balaban J connectivity index is 1.76. The summed E-state index contributed by atoms with van der Waals surface area (Å²) in [7, 11) is 0. The van der Waals surface area contributed by atoms with Gasteiger partial charge in [0.05, 0.1) is 0 Å². The van der Waals surface area contributed by atoms with Crippen LogP contribution in [0.4, 0.5) is 0 Å². The molecule has 0 aliphatic heterocycles. The van der Waals surface area contributed by atoms with Crippen molar-refractivity contribution in [2.45, 2.75) is 18.3 Å². The highest BCUT2D eigenvalue weighted by Gasteiger charge is 2.21. The Kier molecular flexibility index (Phi) is 6.37. The summed E-state index contributed by atoms with van der Waals surface area (Å²) in [6.07, 6.45) is 2.83. The number of alkyl halides is 2. The second-order valence-electron chi connectivity index (χ2n) is 5.98. The number of para-hydroxylation sites is 1. The quantitative estimate of drug-likeness (QED) is 0.395. The smallest absolute Gasteiger partial charge is 0.241 e. The Labute approximate surface area is 166 Å². The van der Waals surface area contributed by atoms with Gasteiger partial charge in [0, 0.05) is 34.6 Å². The average Bonchev–Trinajstić information content (AvgIpc) is 3.08. The van der Waals surface area contributed by atoms with Crippen LogP contribution >= 0.6 is 34.2 Å². The SMILES string of the molecule is O=C(C(Cl)CI)N(CCc1c[nH]c2ccccc12)Cc1ccccc1. The van der Waals surface area contributed by atoms with Gasteiger partial charge in [0.1, 0.15) is 5.38 Å².